The molecule has 11 heavy (non-hydrogen) atoms. The van der Waals surface area contributed by atoms with Gasteiger partial charge in [0, 0.05) is 6.54 Å². The van der Waals surface area contributed by atoms with Gasteiger partial charge >= 0.3 is 0 Å². The van der Waals surface area contributed by atoms with Crippen LogP contribution in [0.1, 0.15) is 0 Å². The highest BCUT2D eigenvalue weighted by molar-refractivity contribution is 4.94. The molecule has 6 N–H and O–H groups in total. The molecule has 4 atom stereocenters. The lowest BCUT2D eigenvalue weighted by molar-refractivity contribution is -0.0125. The van der Waals surface area contributed by atoms with Gasteiger partial charge in [-0.05, 0) is 0 Å². The molecule has 0 bridgehead atoms. The first-order chi connectivity index (χ1) is 5.16. The predicted molar refractivity (Wildman–Crippen MR) is 38.9 cm³/mol. The Hall–Kier alpha value is -0.200. The molecule has 0 aromatic heterocycles. The van der Waals surface area contributed by atoms with Crippen LogP contribution in [0.5, 0.6) is 0 Å². The van der Waals surface area contributed by atoms with Gasteiger partial charge in [0.1, 0.15) is 0 Å². The molecule has 0 aliphatic carbocycles. The third-order valence-electron chi connectivity index (χ3n) is 2.04. The Morgan fingerprint density at radius 3 is 2.64 bits per heavy atom. The second-order valence-electron chi connectivity index (χ2n) is 2.83. The molecule has 0 saturated carbocycles. The highest BCUT2D eigenvalue weighted by Crippen LogP contribution is 2.07. The van der Waals surface area contributed by atoms with Crippen molar-refractivity contribution in [2.24, 2.45) is 5.73 Å². The monoisotopic (exact) mass is 162 g/mol. The first-order valence-electron chi connectivity index (χ1n) is 3.62. The Morgan fingerprint density at radius 1 is 1.45 bits per heavy atom. The highest BCUT2D eigenvalue weighted by atomic mass is 16.3. The molecule has 1 saturated heterocycles. The summed E-state index contributed by atoms with van der Waals surface area (Å²) >= 11 is 0. The van der Waals surface area contributed by atoms with Crippen molar-refractivity contribution in [1.82, 2.24) is 5.32 Å². The van der Waals surface area contributed by atoms with E-state index in [1.807, 2.05) is 0 Å². The van der Waals surface area contributed by atoms with Gasteiger partial charge in [0.05, 0.1) is 30.9 Å². The molecule has 1 aliphatic rings. The largest absolute Gasteiger partial charge is 0.395 e. The lowest BCUT2D eigenvalue weighted by Gasteiger charge is -2.35. The zero-order chi connectivity index (χ0) is 8.43. The number of aliphatic hydroxyl groups is 3. The van der Waals surface area contributed by atoms with E-state index in [2.05, 4.69) is 5.32 Å². The molecular formula is C6H14N2O3. The Bertz CT molecular complexity index is 131. The molecule has 0 aromatic rings. The van der Waals surface area contributed by atoms with Gasteiger partial charge in [-0.3, -0.25) is 0 Å². The molecule has 1 aliphatic heterocycles. The van der Waals surface area contributed by atoms with Crippen LogP contribution in [0, 0.1) is 0 Å². The van der Waals surface area contributed by atoms with Crippen LogP contribution in [-0.2, 0) is 0 Å². The third kappa shape index (κ3) is 1.69. The molecule has 5 nitrogen and oxygen atoms in total. The molecule has 1 rings (SSSR count). The van der Waals surface area contributed by atoms with E-state index in [0.717, 1.165) is 0 Å². The first kappa shape index (κ1) is 8.89. The van der Waals surface area contributed by atoms with Crippen LogP contribution in [0.2, 0.25) is 0 Å². The summed E-state index contributed by atoms with van der Waals surface area (Å²) in [6.07, 6.45) is -1.60. The molecule has 1 heterocycles. The number of hydrogen-bond donors (Lipinski definition) is 5. The number of rotatable bonds is 1. The minimum Gasteiger partial charge on any atom is -0.395 e. The molecule has 0 spiro atoms. The SMILES string of the molecule is N[C@H]1[C@H](O)[C@@H](CO)NC[C@@H]1O. The van der Waals surface area contributed by atoms with Crippen LogP contribution in [-0.4, -0.2) is 52.8 Å². The van der Waals surface area contributed by atoms with Crippen LogP contribution >= 0.6 is 0 Å². The zero-order valence-electron chi connectivity index (χ0n) is 6.14. The number of β-amino-alcohol motifs (C(OH)–C–C–N with tert-alkyl or cyclic N) is 1. The third-order valence-corrected chi connectivity index (χ3v) is 2.04. The average molecular weight is 162 g/mol. The Kier molecular flexibility index (Phi) is 2.80. The number of nitrogens with one attached hydrogen (secondary N) is 1. The molecule has 1 fully saturated rings. The topological polar surface area (TPSA) is 98.7 Å². The maximum Gasteiger partial charge on any atom is 0.0891 e. The van der Waals surface area contributed by atoms with Gasteiger partial charge in [-0.15, -0.1) is 0 Å². The van der Waals surface area contributed by atoms with Gasteiger partial charge in [0.2, 0.25) is 0 Å². The van der Waals surface area contributed by atoms with Crippen molar-refractivity contribution in [2.75, 3.05) is 13.2 Å². The summed E-state index contributed by atoms with van der Waals surface area (Å²) in [5, 5.41) is 29.9. The van der Waals surface area contributed by atoms with E-state index >= 15 is 0 Å². The van der Waals surface area contributed by atoms with Crippen LogP contribution in [0.3, 0.4) is 0 Å². The lowest BCUT2D eigenvalue weighted by atomic mass is 9.95. The van der Waals surface area contributed by atoms with Gasteiger partial charge in [-0.25, -0.2) is 0 Å². The molecule has 0 aromatic carbocycles. The van der Waals surface area contributed by atoms with E-state index < -0.39 is 24.3 Å². The maximum absolute atomic E-state index is 9.30. The quantitative estimate of drug-likeness (QED) is 0.283. The fourth-order valence-corrected chi connectivity index (χ4v) is 1.20. The van der Waals surface area contributed by atoms with Crippen LogP contribution in [0.25, 0.3) is 0 Å². The summed E-state index contributed by atoms with van der Waals surface area (Å²) in [6, 6.07) is -1.07. The maximum atomic E-state index is 9.30. The second-order valence-corrected chi connectivity index (χ2v) is 2.83. The second kappa shape index (κ2) is 3.46. The van der Waals surface area contributed by atoms with Crippen LogP contribution in [0.4, 0.5) is 0 Å². The summed E-state index contributed by atoms with van der Waals surface area (Å²) < 4.78 is 0. The van der Waals surface area contributed by atoms with Crippen molar-refractivity contribution in [1.29, 1.82) is 0 Å². The summed E-state index contributed by atoms with van der Waals surface area (Å²) in [6.45, 7) is 0.158. The lowest BCUT2D eigenvalue weighted by Crippen LogP contribution is -2.64. The summed E-state index contributed by atoms with van der Waals surface area (Å²) in [7, 11) is 0. The van der Waals surface area contributed by atoms with Crippen molar-refractivity contribution in [3.8, 4) is 0 Å². The first-order valence-corrected chi connectivity index (χ1v) is 3.62. The highest BCUT2D eigenvalue weighted by Gasteiger charge is 2.34. The van der Waals surface area contributed by atoms with Crippen LogP contribution in [0.15, 0.2) is 0 Å². The van der Waals surface area contributed by atoms with E-state index in [9.17, 15) is 5.11 Å². The van der Waals surface area contributed by atoms with E-state index in [-0.39, 0.29) is 6.61 Å². The van der Waals surface area contributed by atoms with Gasteiger partial charge < -0.3 is 26.4 Å². The van der Waals surface area contributed by atoms with E-state index in [0.29, 0.717) is 6.54 Å². The number of aliphatic hydroxyl groups excluding tert-OH is 3. The zero-order valence-corrected chi connectivity index (χ0v) is 6.14. The minimum absolute atomic E-state index is 0.165. The van der Waals surface area contributed by atoms with Gasteiger partial charge in [0.25, 0.3) is 0 Å². The normalized spacial score (nSPS) is 45.8. The smallest absolute Gasteiger partial charge is 0.0891 e. The standard InChI is InChI=1S/C6H14N2O3/c7-5-4(10)1-8-3(2-9)6(5)11/h3-6,8-11H,1-2,7H2/t3-,4+,5-,6-/m1/s1. The number of piperidine rings is 1. The molecule has 5 heteroatoms. The predicted octanol–water partition coefficient (Wildman–Crippen LogP) is -3.00. The van der Waals surface area contributed by atoms with Crippen molar-refractivity contribution in [3.63, 3.8) is 0 Å². The average Bonchev–Trinajstić information content (AvgIpc) is 2.01. The summed E-state index contributed by atoms with van der Waals surface area (Å²) in [4.78, 5) is 0. The molecule has 0 amide bonds. The van der Waals surface area contributed by atoms with Gasteiger partial charge in [-0.1, -0.05) is 0 Å². The fourth-order valence-electron chi connectivity index (χ4n) is 1.20. The number of hydrogen-bond acceptors (Lipinski definition) is 5. The fraction of sp³-hybridized carbons (Fsp3) is 1.00. The van der Waals surface area contributed by atoms with E-state index in [4.69, 9.17) is 15.9 Å². The van der Waals surface area contributed by atoms with E-state index in [1.54, 1.807) is 0 Å². The number of nitrogens with two attached hydrogens (primary N) is 1. The van der Waals surface area contributed by atoms with Crippen molar-refractivity contribution in [2.45, 2.75) is 24.3 Å². The minimum atomic E-state index is -0.872. The summed E-state index contributed by atoms with van der Waals surface area (Å²) in [5.41, 5.74) is 5.44. The Labute approximate surface area is 64.8 Å². The Morgan fingerprint density at radius 2 is 2.09 bits per heavy atom. The van der Waals surface area contributed by atoms with Crippen molar-refractivity contribution in [3.05, 3.63) is 0 Å². The van der Waals surface area contributed by atoms with Crippen LogP contribution < -0.4 is 11.1 Å². The molecule has 0 radical (unpaired) electrons. The molecular weight excluding hydrogens is 148 g/mol. The van der Waals surface area contributed by atoms with Gasteiger partial charge in [0.15, 0.2) is 0 Å². The van der Waals surface area contributed by atoms with Crippen molar-refractivity contribution >= 4 is 0 Å². The molecule has 0 unspecified atom stereocenters. The van der Waals surface area contributed by atoms with E-state index in [1.165, 1.54) is 0 Å². The molecule has 66 valence electrons. The van der Waals surface area contributed by atoms with Crippen molar-refractivity contribution < 1.29 is 15.3 Å². The Balaban J connectivity index is 2.52. The summed E-state index contributed by atoms with van der Waals surface area (Å²) in [5.74, 6) is 0. The van der Waals surface area contributed by atoms with Gasteiger partial charge in [-0.2, -0.15) is 0 Å².